The second-order valence-electron chi connectivity index (χ2n) is 8.94. The molecule has 0 aliphatic carbocycles. The number of nitrogens with one attached hydrogen (secondary N) is 1. The van der Waals surface area contributed by atoms with E-state index in [4.69, 9.17) is 0 Å². The van der Waals surface area contributed by atoms with Crippen LogP contribution in [-0.2, 0) is 17.6 Å². The number of rotatable bonds is 10. The third-order valence-corrected chi connectivity index (χ3v) is 6.48. The van der Waals surface area contributed by atoms with Gasteiger partial charge in [-0.2, -0.15) is 15.5 Å². The monoisotopic (exact) mass is 469 g/mol. The Morgan fingerprint density at radius 1 is 1.14 bits per heavy atom. The molecule has 8 nitrogen and oxygen atoms in total. The average molecular weight is 470 g/mol. The predicted molar refractivity (Wildman–Crippen MR) is 135 cm³/mol. The molecule has 3 aromatic heterocycles. The fraction of sp³-hybridized carbons (Fsp3) is 0.370. The second-order valence-corrected chi connectivity index (χ2v) is 8.94. The zero-order valence-electron chi connectivity index (χ0n) is 20.6. The third-order valence-electron chi connectivity index (χ3n) is 6.48. The lowest BCUT2D eigenvalue weighted by Crippen LogP contribution is -2.28. The number of hydrogen-bond acceptors (Lipinski definition) is 5. The van der Waals surface area contributed by atoms with E-state index in [2.05, 4.69) is 44.5 Å². The molecule has 1 amide bonds. The van der Waals surface area contributed by atoms with Gasteiger partial charge >= 0.3 is 0 Å². The summed E-state index contributed by atoms with van der Waals surface area (Å²) < 4.78 is 1.69. The molecule has 4 rings (SSSR count). The first-order chi connectivity index (χ1) is 17.0. The van der Waals surface area contributed by atoms with Crippen molar-refractivity contribution in [1.29, 1.82) is 5.26 Å². The Bertz CT molecular complexity index is 1350. The van der Waals surface area contributed by atoms with E-state index < -0.39 is 0 Å². The molecule has 3 heterocycles. The summed E-state index contributed by atoms with van der Waals surface area (Å²) in [5.74, 6) is 0.128. The van der Waals surface area contributed by atoms with Crippen LogP contribution in [0.1, 0.15) is 53.9 Å². The van der Waals surface area contributed by atoms with Crippen molar-refractivity contribution in [2.75, 3.05) is 13.6 Å². The molecule has 0 radical (unpaired) electrons. The molecule has 0 atom stereocenters. The minimum atomic E-state index is 0.128. The summed E-state index contributed by atoms with van der Waals surface area (Å²) in [4.78, 5) is 19.1. The molecule has 0 saturated carbocycles. The van der Waals surface area contributed by atoms with Crippen molar-refractivity contribution in [1.82, 2.24) is 29.7 Å². The van der Waals surface area contributed by atoms with Crippen molar-refractivity contribution in [3.05, 3.63) is 70.8 Å². The molecule has 0 fully saturated rings. The number of unbranched alkanes of at least 4 members (excludes halogenated alkanes) is 2. The molecule has 0 bridgehead atoms. The molecule has 1 N–H and O–H groups in total. The van der Waals surface area contributed by atoms with E-state index in [1.165, 1.54) is 6.20 Å². The number of aromatic amines is 1. The van der Waals surface area contributed by atoms with Gasteiger partial charge in [0.15, 0.2) is 5.65 Å². The summed E-state index contributed by atoms with van der Waals surface area (Å²) in [6.45, 7) is 4.63. The van der Waals surface area contributed by atoms with E-state index >= 15 is 0 Å². The number of carbonyl (C=O) groups excluding carboxylic acids is 1. The zero-order valence-corrected chi connectivity index (χ0v) is 20.6. The Morgan fingerprint density at radius 3 is 2.71 bits per heavy atom. The van der Waals surface area contributed by atoms with E-state index in [0.717, 1.165) is 66.1 Å². The van der Waals surface area contributed by atoms with E-state index in [0.29, 0.717) is 24.1 Å². The van der Waals surface area contributed by atoms with Crippen LogP contribution in [0.15, 0.2) is 42.6 Å². The molecule has 1 aromatic carbocycles. The molecule has 0 spiro atoms. The largest absolute Gasteiger partial charge is 0.346 e. The Balaban J connectivity index is 1.20. The number of amides is 1. The Hall–Kier alpha value is -3.99. The number of fused-ring (bicyclic) bond motifs is 1. The Labute approximate surface area is 205 Å². The van der Waals surface area contributed by atoms with E-state index in [1.54, 1.807) is 4.52 Å². The van der Waals surface area contributed by atoms with Crippen LogP contribution in [0.2, 0.25) is 0 Å². The van der Waals surface area contributed by atoms with Crippen LogP contribution >= 0.6 is 0 Å². The van der Waals surface area contributed by atoms with Crippen LogP contribution in [0.25, 0.3) is 16.9 Å². The molecule has 0 aliphatic heterocycles. The van der Waals surface area contributed by atoms with Gasteiger partial charge in [0.2, 0.25) is 5.91 Å². The van der Waals surface area contributed by atoms with Crippen molar-refractivity contribution < 1.29 is 4.79 Å². The maximum Gasteiger partial charge on any atom is 0.222 e. The van der Waals surface area contributed by atoms with Gasteiger partial charge in [0, 0.05) is 42.7 Å². The predicted octanol–water partition coefficient (Wildman–Crippen LogP) is 4.41. The number of aryl methyl sites for hydroxylation is 3. The molecule has 0 saturated heterocycles. The Kier molecular flexibility index (Phi) is 7.56. The van der Waals surface area contributed by atoms with Crippen molar-refractivity contribution >= 4 is 11.6 Å². The topological polar surface area (TPSA) is 103 Å². The average Bonchev–Trinajstić information content (AvgIpc) is 3.51. The highest BCUT2D eigenvalue weighted by Crippen LogP contribution is 2.19. The van der Waals surface area contributed by atoms with Gasteiger partial charge in [-0.25, -0.2) is 9.50 Å². The standard InChI is InChI=1S/C27H31N7O/c1-19-24(20(2)34-27(30-19)22(17-28)18-29-34)13-14-26(35)33(3)15-9-5-8-12-23-16-25(32-31-23)21-10-6-4-7-11-21/h4,6-7,10-11,16,18H,5,8-9,12-15H2,1-3H3,(H,31,32). The molecular weight excluding hydrogens is 438 g/mol. The van der Waals surface area contributed by atoms with Crippen molar-refractivity contribution in [3.8, 4) is 17.3 Å². The summed E-state index contributed by atoms with van der Waals surface area (Å²) in [5, 5.41) is 21.1. The Morgan fingerprint density at radius 2 is 1.94 bits per heavy atom. The first-order valence-electron chi connectivity index (χ1n) is 12.1. The van der Waals surface area contributed by atoms with Crippen molar-refractivity contribution in [2.24, 2.45) is 0 Å². The number of nitrogens with zero attached hydrogens (tertiary/aromatic N) is 6. The number of carbonyl (C=O) groups is 1. The maximum atomic E-state index is 12.7. The zero-order chi connectivity index (χ0) is 24.8. The minimum Gasteiger partial charge on any atom is -0.346 e. The van der Waals surface area contributed by atoms with E-state index in [-0.39, 0.29) is 5.91 Å². The summed E-state index contributed by atoms with van der Waals surface area (Å²) in [5.41, 5.74) is 7.06. The number of benzene rings is 1. The molecule has 4 aromatic rings. The van der Waals surface area contributed by atoms with E-state index in [9.17, 15) is 10.1 Å². The smallest absolute Gasteiger partial charge is 0.222 e. The molecular formula is C27H31N7O. The van der Waals surface area contributed by atoms with Gasteiger partial charge in [0.1, 0.15) is 11.6 Å². The first kappa shape index (κ1) is 24.1. The summed E-state index contributed by atoms with van der Waals surface area (Å²) in [6.07, 6.45) is 6.59. The van der Waals surface area contributed by atoms with Gasteiger partial charge in [0.25, 0.3) is 0 Å². The van der Waals surface area contributed by atoms with Crippen LogP contribution in [0.5, 0.6) is 0 Å². The van der Waals surface area contributed by atoms with Gasteiger partial charge in [0.05, 0.1) is 11.9 Å². The number of aromatic nitrogens is 5. The fourth-order valence-corrected chi connectivity index (χ4v) is 4.39. The molecule has 180 valence electrons. The summed E-state index contributed by atoms with van der Waals surface area (Å²) in [7, 11) is 1.87. The summed E-state index contributed by atoms with van der Waals surface area (Å²) in [6, 6.07) is 14.4. The van der Waals surface area contributed by atoms with Crippen LogP contribution in [0.3, 0.4) is 0 Å². The highest BCUT2D eigenvalue weighted by atomic mass is 16.2. The van der Waals surface area contributed by atoms with E-state index in [1.807, 2.05) is 44.0 Å². The highest BCUT2D eigenvalue weighted by molar-refractivity contribution is 5.76. The van der Waals surface area contributed by atoms with Crippen molar-refractivity contribution in [3.63, 3.8) is 0 Å². The van der Waals surface area contributed by atoms with Crippen molar-refractivity contribution in [2.45, 2.75) is 52.4 Å². The third kappa shape index (κ3) is 5.57. The molecule has 35 heavy (non-hydrogen) atoms. The first-order valence-corrected chi connectivity index (χ1v) is 12.1. The second kappa shape index (κ2) is 11.0. The van der Waals surface area contributed by atoms with Gasteiger partial charge in [-0.05, 0) is 51.2 Å². The number of nitriles is 1. The maximum absolute atomic E-state index is 12.7. The minimum absolute atomic E-state index is 0.128. The fourth-order valence-electron chi connectivity index (χ4n) is 4.39. The van der Waals surface area contributed by atoms with Gasteiger partial charge < -0.3 is 4.90 Å². The number of H-pyrrole nitrogens is 1. The van der Waals surface area contributed by atoms with Gasteiger partial charge in [-0.15, -0.1) is 0 Å². The highest BCUT2D eigenvalue weighted by Gasteiger charge is 2.16. The normalized spacial score (nSPS) is 11.0. The van der Waals surface area contributed by atoms with Crippen LogP contribution < -0.4 is 0 Å². The van der Waals surface area contributed by atoms with Crippen LogP contribution in [0.4, 0.5) is 0 Å². The summed E-state index contributed by atoms with van der Waals surface area (Å²) >= 11 is 0. The van der Waals surface area contributed by atoms with Gasteiger partial charge in [-0.1, -0.05) is 36.8 Å². The molecule has 8 heteroatoms. The lowest BCUT2D eigenvalue weighted by Gasteiger charge is -2.18. The van der Waals surface area contributed by atoms with Crippen LogP contribution in [-0.4, -0.2) is 49.2 Å². The molecule has 0 aliphatic rings. The SMILES string of the molecule is Cc1nc2c(C#N)cnn2c(C)c1CCC(=O)N(C)CCCCCc1cc(-c2ccccc2)n[nH]1. The lowest BCUT2D eigenvalue weighted by molar-refractivity contribution is -0.129. The lowest BCUT2D eigenvalue weighted by atomic mass is 10.1. The van der Waals surface area contributed by atoms with Gasteiger partial charge in [-0.3, -0.25) is 9.89 Å². The number of hydrogen-bond donors (Lipinski definition) is 1. The van der Waals surface area contributed by atoms with Crippen LogP contribution in [0, 0.1) is 25.2 Å². The quantitative estimate of drug-likeness (QED) is 0.347. The molecule has 0 unspecified atom stereocenters.